The second-order valence-electron chi connectivity index (χ2n) is 15.2. The number of hydrogen-bond acceptors (Lipinski definition) is 6. The van der Waals surface area contributed by atoms with Gasteiger partial charge in [-0.2, -0.15) is 13.2 Å². The lowest BCUT2D eigenvalue weighted by atomic mass is 9.87. The summed E-state index contributed by atoms with van der Waals surface area (Å²) in [5.41, 5.74) is 1.02. The first-order chi connectivity index (χ1) is 27.0. The number of nitrogens with zero attached hydrogens (tertiary/aromatic N) is 5. The van der Waals surface area contributed by atoms with E-state index in [1.165, 1.54) is 53.1 Å². The Morgan fingerprint density at radius 1 is 0.893 bits per heavy atom. The summed E-state index contributed by atoms with van der Waals surface area (Å²) in [5.74, 6) is -1.39. The molecule has 4 aliphatic heterocycles. The van der Waals surface area contributed by atoms with Crippen LogP contribution in [0.25, 0.3) is 6.08 Å². The van der Waals surface area contributed by atoms with Crippen molar-refractivity contribution >= 4 is 29.9 Å². The lowest BCUT2D eigenvalue weighted by Gasteiger charge is -2.52. The van der Waals surface area contributed by atoms with Crippen molar-refractivity contribution in [3.63, 3.8) is 0 Å². The number of carbonyl (C=O) groups is 4. The summed E-state index contributed by atoms with van der Waals surface area (Å²) in [6.07, 6.45) is 3.23. The van der Waals surface area contributed by atoms with Gasteiger partial charge in [-0.25, -0.2) is 4.79 Å². The number of likely N-dealkylation sites (N-methyl/N-ethyl adjacent to an activating group) is 1. The first-order valence-corrected chi connectivity index (χ1v) is 19.5. The number of hydrogen-bond donors (Lipinski definition) is 0. The Balaban J connectivity index is 1.19. The number of likely N-dealkylation sites (tertiary alicyclic amines) is 3. The van der Waals surface area contributed by atoms with E-state index in [9.17, 15) is 32.3 Å². The van der Waals surface area contributed by atoms with Gasteiger partial charge in [0.15, 0.2) is 0 Å². The fourth-order valence-electron chi connectivity index (χ4n) is 8.62. The van der Waals surface area contributed by atoms with Crippen molar-refractivity contribution in [2.75, 3.05) is 39.8 Å². The fourth-order valence-corrected chi connectivity index (χ4v) is 8.62. The third kappa shape index (κ3) is 8.47. The Morgan fingerprint density at radius 3 is 2.25 bits per heavy atom. The smallest absolute Gasteiger partial charge is 0.416 e. The van der Waals surface area contributed by atoms with Crippen molar-refractivity contribution in [2.45, 2.75) is 81.5 Å². The highest BCUT2D eigenvalue weighted by atomic mass is 19.4. The van der Waals surface area contributed by atoms with Crippen molar-refractivity contribution in [1.29, 1.82) is 0 Å². The molecule has 4 amide bonds. The Morgan fingerprint density at radius 2 is 1.57 bits per heavy atom. The van der Waals surface area contributed by atoms with Crippen molar-refractivity contribution in [3.8, 4) is 0 Å². The van der Waals surface area contributed by atoms with E-state index in [4.69, 9.17) is 4.74 Å². The predicted octanol–water partition coefficient (Wildman–Crippen LogP) is 6.39. The van der Waals surface area contributed by atoms with Gasteiger partial charge in [-0.3, -0.25) is 19.3 Å². The molecule has 296 valence electrons. The van der Waals surface area contributed by atoms with Crippen molar-refractivity contribution < 1.29 is 37.1 Å². The highest BCUT2D eigenvalue weighted by molar-refractivity contribution is 5.99. The molecule has 10 nitrogen and oxygen atoms in total. The minimum atomic E-state index is -4.57. The van der Waals surface area contributed by atoms with Gasteiger partial charge in [-0.05, 0) is 67.6 Å². The van der Waals surface area contributed by atoms with Gasteiger partial charge in [-0.15, -0.1) is 0 Å². The maximum absolute atomic E-state index is 14.6. The number of halogens is 3. The topological polar surface area (TPSA) is 93.7 Å². The van der Waals surface area contributed by atoms with Crippen LogP contribution in [0, 0.1) is 0 Å². The number of rotatable bonds is 11. The van der Waals surface area contributed by atoms with E-state index in [1.54, 1.807) is 11.0 Å². The Kier molecular flexibility index (Phi) is 11.8. The van der Waals surface area contributed by atoms with E-state index >= 15 is 0 Å². The maximum Gasteiger partial charge on any atom is 0.416 e. The molecule has 0 radical (unpaired) electrons. The summed E-state index contributed by atoms with van der Waals surface area (Å²) in [5, 5.41) is 0. The zero-order chi connectivity index (χ0) is 39.4. The molecular weight excluding hydrogens is 723 g/mol. The minimum absolute atomic E-state index is 0.0374. The lowest BCUT2D eigenvalue weighted by molar-refractivity contribution is -0.167. The predicted molar refractivity (Wildman–Crippen MR) is 204 cm³/mol. The van der Waals surface area contributed by atoms with Gasteiger partial charge >= 0.3 is 12.3 Å². The molecule has 3 aromatic rings. The van der Waals surface area contributed by atoms with Gasteiger partial charge in [0.2, 0.25) is 17.7 Å². The molecule has 0 N–H and O–H groups in total. The fraction of sp³-hybridized carbons (Fsp3) is 0.442. The van der Waals surface area contributed by atoms with Gasteiger partial charge in [0.1, 0.15) is 18.7 Å². The standard InChI is InChI=1S/C43H48F3N5O5/c1-47(28-31-14-11-17-33(26-31)43(44,45)46)40(53)36(27-38(52)49-24-20-34(21-25-49)48-22-9-4-10-23-48)50-35(19-18-30-12-5-2-6-13-30)39(41(50)54)51-37(29-56-42(51)55)32-15-7-3-8-16-32/h2-3,5-8,11-19,26,34-37,39H,4,9-10,20-25,27-29H2,1H3/t35-,36-,37-,39+/m1/s1. The molecule has 0 aromatic heterocycles. The minimum Gasteiger partial charge on any atom is -0.447 e. The highest BCUT2D eigenvalue weighted by Gasteiger charge is 2.58. The lowest BCUT2D eigenvalue weighted by Crippen LogP contribution is -2.74. The second-order valence-corrected chi connectivity index (χ2v) is 15.2. The Bertz CT molecular complexity index is 1900. The van der Waals surface area contributed by atoms with Crippen LogP contribution in [0.3, 0.4) is 0 Å². The third-order valence-corrected chi connectivity index (χ3v) is 11.6. The van der Waals surface area contributed by atoms with Crippen LogP contribution < -0.4 is 0 Å². The van der Waals surface area contributed by atoms with E-state index < -0.39 is 53.8 Å². The van der Waals surface area contributed by atoms with Crippen molar-refractivity contribution in [2.24, 2.45) is 0 Å². The van der Waals surface area contributed by atoms with E-state index in [-0.39, 0.29) is 31.0 Å². The number of β-lactam (4-membered cyclic amide) rings is 1. The molecule has 13 heteroatoms. The zero-order valence-electron chi connectivity index (χ0n) is 31.5. The summed E-state index contributed by atoms with van der Waals surface area (Å²) >= 11 is 0. The third-order valence-electron chi connectivity index (χ3n) is 11.6. The van der Waals surface area contributed by atoms with E-state index in [1.807, 2.05) is 66.7 Å². The van der Waals surface area contributed by atoms with Gasteiger partial charge in [0.25, 0.3) is 0 Å². The number of benzene rings is 3. The molecule has 4 heterocycles. The van der Waals surface area contributed by atoms with Crippen LogP contribution >= 0.6 is 0 Å². The molecule has 0 saturated carbocycles. The number of alkyl halides is 3. The van der Waals surface area contributed by atoms with E-state index in [2.05, 4.69) is 4.90 Å². The van der Waals surface area contributed by atoms with Crippen LogP contribution in [0.5, 0.6) is 0 Å². The average molecular weight is 772 g/mol. The van der Waals surface area contributed by atoms with Crippen molar-refractivity contribution in [3.05, 3.63) is 113 Å². The Hall–Kier alpha value is -5.17. The largest absolute Gasteiger partial charge is 0.447 e. The van der Waals surface area contributed by atoms with Crippen LogP contribution in [0.1, 0.15) is 66.8 Å². The molecule has 3 aromatic carbocycles. The molecule has 56 heavy (non-hydrogen) atoms. The highest BCUT2D eigenvalue weighted by Crippen LogP contribution is 2.39. The second kappa shape index (κ2) is 16.9. The van der Waals surface area contributed by atoms with Crippen LogP contribution in [0.15, 0.2) is 91.0 Å². The molecule has 7 rings (SSSR count). The van der Waals surface area contributed by atoms with Gasteiger partial charge in [0.05, 0.1) is 24.1 Å². The average Bonchev–Trinajstić information content (AvgIpc) is 3.59. The van der Waals surface area contributed by atoms with Gasteiger partial charge in [-0.1, -0.05) is 91.4 Å². The SMILES string of the molecule is CN(Cc1cccc(C(F)(F)F)c1)C(=O)[C@@H](CC(=O)N1CCC(N2CCCCC2)CC1)N1C(=O)[C@@H](N2C(=O)OC[C@@H]2c2ccccc2)[C@H]1C=Cc1ccccc1. The molecule has 0 spiro atoms. The molecule has 4 fully saturated rings. The van der Waals surface area contributed by atoms with Gasteiger partial charge in [0, 0.05) is 32.7 Å². The van der Waals surface area contributed by atoms with Gasteiger partial charge < -0.3 is 24.3 Å². The van der Waals surface area contributed by atoms with Crippen LogP contribution in [0.4, 0.5) is 18.0 Å². The van der Waals surface area contributed by atoms with E-state index in [0.717, 1.165) is 49.2 Å². The summed E-state index contributed by atoms with van der Waals surface area (Å²) in [4.78, 5) is 65.1. The molecule has 0 unspecified atom stereocenters. The first kappa shape index (κ1) is 39.1. The van der Waals surface area contributed by atoms with Crippen molar-refractivity contribution in [1.82, 2.24) is 24.5 Å². The van der Waals surface area contributed by atoms with Crippen LogP contribution in [-0.2, 0) is 31.8 Å². The zero-order valence-corrected chi connectivity index (χ0v) is 31.5. The normalized spacial score (nSPS) is 22.9. The molecule has 0 aliphatic carbocycles. The molecule has 0 bridgehead atoms. The molecule has 4 saturated heterocycles. The molecule has 4 atom stereocenters. The van der Waals surface area contributed by atoms with E-state index in [0.29, 0.717) is 19.1 Å². The van der Waals surface area contributed by atoms with Crippen LogP contribution in [0.2, 0.25) is 0 Å². The number of piperidine rings is 2. The summed E-state index contributed by atoms with van der Waals surface area (Å²) in [7, 11) is 1.46. The summed E-state index contributed by atoms with van der Waals surface area (Å²) in [6, 6.07) is 20.1. The number of ether oxygens (including phenoxy) is 1. The summed E-state index contributed by atoms with van der Waals surface area (Å²) < 4.78 is 46.3. The van der Waals surface area contributed by atoms with Crippen LogP contribution in [-0.4, -0.2) is 112 Å². The molecular formula is C43H48F3N5O5. The number of carbonyl (C=O) groups excluding carboxylic acids is 4. The summed E-state index contributed by atoms with van der Waals surface area (Å²) in [6.45, 7) is 3.01. The number of cyclic esters (lactones) is 1. The molecule has 4 aliphatic rings. The first-order valence-electron chi connectivity index (χ1n) is 19.5. The monoisotopic (exact) mass is 771 g/mol. The Labute approximate surface area is 325 Å². The quantitative estimate of drug-likeness (QED) is 0.210. The maximum atomic E-state index is 14.6. The number of amides is 4.